The molecule has 2 saturated heterocycles. The Morgan fingerprint density at radius 2 is 1.73 bits per heavy atom. The van der Waals surface area contributed by atoms with Crippen LogP contribution in [0.1, 0.15) is 42.5 Å². The molecule has 26 heavy (non-hydrogen) atoms. The molecule has 2 fully saturated rings. The van der Waals surface area contributed by atoms with Gasteiger partial charge in [0, 0.05) is 36.7 Å². The number of hydrogen-bond donors (Lipinski definition) is 3. The highest BCUT2D eigenvalue weighted by atomic mass is 16.2. The minimum Gasteiger partial charge on any atom is -0.353 e. The molecule has 0 aliphatic carbocycles. The van der Waals surface area contributed by atoms with Crippen LogP contribution in [0.4, 0.5) is 0 Å². The molecule has 0 spiro atoms. The summed E-state index contributed by atoms with van der Waals surface area (Å²) in [6, 6.07) is 15.0. The molecule has 5 nitrogen and oxygen atoms in total. The molecular formula is C21H25N3O2. The molecular weight excluding hydrogens is 326 g/mol. The summed E-state index contributed by atoms with van der Waals surface area (Å²) in [5.41, 5.74) is 0.624. The third-order valence-electron chi connectivity index (χ3n) is 5.49. The summed E-state index contributed by atoms with van der Waals surface area (Å²) in [4.78, 5) is 24.5. The fourth-order valence-corrected chi connectivity index (χ4v) is 4.20. The van der Waals surface area contributed by atoms with Crippen molar-refractivity contribution in [1.29, 1.82) is 0 Å². The summed E-state index contributed by atoms with van der Waals surface area (Å²) >= 11 is 0. The first-order valence-corrected chi connectivity index (χ1v) is 9.50. The average molecular weight is 351 g/mol. The number of carbonyl (C=O) groups excluding carboxylic acids is 2. The molecule has 2 amide bonds. The predicted molar refractivity (Wildman–Crippen MR) is 102 cm³/mol. The monoisotopic (exact) mass is 351 g/mol. The molecule has 136 valence electrons. The van der Waals surface area contributed by atoms with Crippen LogP contribution in [0.25, 0.3) is 10.8 Å². The van der Waals surface area contributed by atoms with Gasteiger partial charge in [0.15, 0.2) is 0 Å². The first-order valence-electron chi connectivity index (χ1n) is 9.50. The number of fused-ring (bicyclic) bond motifs is 3. The molecule has 2 bridgehead atoms. The van der Waals surface area contributed by atoms with Gasteiger partial charge in [-0.25, -0.2) is 0 Å². The van der Waals surface area contributed by atoms with E-state index in [4.69, 9.17) is 0 Å². The largest absolute Gasteiger partial charge is 0.353 e. The summed E-state index contributed by atoms with van der Waals surface area (Å²) in [6.07, 6.45) is 4.80. The highest BCUT2D eigenvalue weighted by Crippen LogP contribution is 2.26. The molecule has 0 saturated carbocycles. The van der Waals surface area contributed by atoms with E-state index in [1.807, 2.05) is 42.5 Å². The maximum Gasteiger partial charge on any atom is 0.251 e. The molecule has 2 aliphatic heterocycles. The third kappa shape index (κ3) is 3.88. The van der Waals surface area contributed by atoms with E-state index in [-0.39, 0.29) is 17.9 Å². The van der Waals surface area contributed by atoms with Crippen molar-refractivity contribution in [1.82, 2.24) is 16.0 Å². The highest BCUT2D eigenvalue weighted by molar-refractivity contribution is 5.98. The van der Waals surface area contributed by atoms with E-state index in [1.54, 1.807) is 0 Å². The molecule has 0 radical (unpaired) electrons. The van der Waals surface area contributed by atoms with E-state index in [1.165, 1.54) is 12.8 Å². The van der Waals surface area contributed by atoms with Crippen molar-refractivity contribution in [2.24, 2.45) is 0 Å². The van der Waals surface area contributed by atoms with E-state index in [0.29, 0.717) is 30.6 Å². The van der Waals surface area contributed by atoms with Crippen molar-refractivity contribution in [2.75, 3.05) is 6.54 Å². The molecule has 5 heteroatoms. The van der Waals surface area contributed by atoms with E-state index in [2.05, 4.69) is 16.0 Å². The van der Waals surface area contributed by atoms with E-state index in [0.717, 1.165) is 23.6 Å². The number of nitrogens with one attached hydrogen (secondary N) is 3. The Morgan fingerprint density at radius 3 is 2.50 bits per heavy atom. The molecule has 4 rings (SSSR count). The van der Waals surface area contributed by atoms with Gasteiger partial charge in [0.25, 0.3) is 5.91 Å². The third-order valence-corrected chi connectivity index (χ3v) is 5.49. The van der Waals surface area contributed by atoms with Crippen molar-refractivity contribution in [2.45, 2.75) is 50.2 Å². The van der Waals surface area contributed by atoms with Gasteiger partial charge in [-0.15, -0.1) is 0 Å². The van der Waals surface area contributed by atoms with Crippen molar-refractivity contribution in [3.8, 4) is 0 Å². The smallest absolute Gasteiger partial charge is 0.251 e. The summed E-state index contributed by atoms with van der Waals surface area (Å²) in [5.74, 6) is -0.112. The van der Waals surface area contributed by atoms with Gasteiger partial charge in [0.05, 0.1) is 0 Å². The van der Waals surface area contributed by atoms with Gasteiger partial charge in [-0.05, 0) is 48.6 Å². The summed E-state index contributed by atoms with van der Waals surface area (Å²) in [6.45, 7) is 0.356. The molecule has 2 aromatic rings. The summed E-state index contributed by atoms with van der Waals surface area (Å²) in [7, 11) is 0. The molecule has 2 unspecified atom stereocenters. The number of rotatable bonds is 5. The van der Waals surface area contributed by atoms with Gasteiger partial charge in [0.1, 0.15) is 0 Å². The lowest BCUT2D eigenvalue weighted by Crippen LogP contribution is -2.48. The normalized spacial score (nSPS) is 24.4. The van der Waals surface area contributed by atoms with Crippen LogP contribution in [0.15, 0.2) is 42.5 Å². The molecule has 2 atom stereocenters. The van der Waals surface area contributed by atoms with Crippen molar-refractivity contribution >= 4 is 22.6 Å². The van der Waals surface area contributed by atoms with Gasteiger partial charge in [-0.1, -0.05) is 30.3 Å². The second kappa shape index (κ2) is 7.46. The van der Waals surface area contributed by atoms with E-state index in [9.17, 15) is 9.59 Å². The molecule has 2 aromatic carbocycles. The number of hydrogen-bond acceptors (Lipinski definition) is 3. The Kier molecular flexibility index (Phi) is 4.89. The minimum atomic E-state index is -0.136. The lowest BCUT2D eigenvalue weighted by Gasteiger charge is -2.29. The SMILES string of the molecule is O=C(CCNC(=O)c1ccc2ccccc2c1)NC1CC2CCC(C1)N2. The van der Waals surface area contributed by atoms with Gasteiger partial charge < -0.3 is 16.0 Å². The zero-order valence-corrected chi connectivity index (χ0v) is 14.8. The Balaban J connectivity index is 1.24. The first kappa shape index (κ1) is 17.0. The van der Waals surface area contributed by atoms with Crippen LogP contribution in [0.2, 0.25) is 0 Å². The van der Waals surface area contributed by atoms with Crippen LogP contribution in [0, 0.1) is 0 Å². The zero-order chi connectivity index (χ0) is 17.9. The van der Waals surface area contributed by atoms with E-state index >= 15 is 0 Å². The zero-order valence-electron chi connectivity index (χ0n) is 14.8. The van der Waals surface area contributed by atoms with Crippen LogP contribution in [0.5, 0.6) is 0 Å². The maximum absolute atomic E-state index is 12.3. The molecule has 3 N–H and O–H groups in total. The van der Waals surface area contributed by atoms with E-state index < -0.39 is 0 Å². The first-order chi connectivity index (χ1) is 12.7. The minimum absolute atomic E-state index is 0.0233. The van der Waals surface area contributed by atoms with Crippen LogP contribution < -0.4 is 16.0 Å². The topological polar surface area (TPSA) is 70.2 Å². The van der Waals surface area contributed by atoms with Gasteiger partial charge in [-0.2, -0.15) is 0 Å². The second-order valence-corrected chi connectivity index (χ2v) is 7.44. The fourth-order valence-electron chi connectivity index (χ4n) is 4.20. The molecule has 2 aliphatic rings. The number of benzene rings is 2. The fraction of sp³-hybridized carbons (Fsp3) is 0.429. The van der Waals surface area contributed by atoms with Gasteiger partial charge in [-0.3, -0.25) is 9.59 Å². The highest BCUT2D eigenvalue weighted by Gasteiger charge is 2.33. The standard InChI is InChI=1S/C21H25N3O2/c25-20(24-19-12-17-7-8-18(13-19)23-17)9-10-22-21(26)16-6-5-14-3-1-2-4-15(14)11-16/h1-6,11,17-19,23H,7-10,12-13H2,(H,22,26)(H,24,25). The van der Waals surface area contributed by atoms with Gasteiger partial charge >= 0.3 is 0 Å². The predicted octanol–water partition coefficient (Wildman–Crippen LogP) is 2.36. The summed E-state index contributed by atoms with van der Waals surface area (Å²) in [5, 5.41) is 11.7. The Hall–Kier alpha value is -2.40. The maximum atomic E-state index is 12.3. The number of amides is 2. The summed E-state index contributed by atoms with van der Waals surface area (Å²) < 4.78 is 0. The van der Waals surface area contributed by atoms with Crippen LogP contribution in [-0.2, 0) is 4.79 Å². The Bertz CT molecular complexity index is 808. The van der Waals surface area contributed by atoms with Crippen molar-refractivity contribution in [3.63, 3.8) is 0 Å². The van der Waals surface area contributed by atoms with Crippen LogP contribution in [-0.4, -0.2) is 36.5 Å². The number of piperidine rings is 1. The molecule has 2 heterocycles. The second-order valence-electron chi connectivity index (χ2n) is 7.44. The van der Waals surface area contributed by atoms with Crippen LogP contribution in [0.3, 0.4) is 0 Å². The van der Waals surface area contributed by atoms with Crippen LogP contribution >= 0.6 is 0 Å². The van der Waals surface area contributed by atoms with Gasteiger partial charge in [0.2, 0.25) is 5.91 Å². The van der Waals surface area contributed by atoms with Crippen molar-refractivity contribution < 1.29 is 9.59 Å². The average Bonchev–Trinajstić information content (AvgIpc) is 2.99. The lowest BCUT2D eigenvalue weighted by molar-refractivity contribution is -0.121. The Labute approximate surface area is 153 Å². The van der Waals surface area contributed by atoms with Crippen molar-refractivity contribution in [3.05, 3.63) is 48.0 Å². The lowest BCUT2D eigenvalue weighted by atomic mass is 10.00. The Morgan fingerprint density at radius 1 is 1.00 bits per heavy atom. The quantitative estimate of drug-likeness (QED) is 0.774. The molecule has 0 aromatic heterocycles. The number of carbonyl (C=O) groups is 2.